The van der Waals surface area contributed by atoms with Crippen LogP contribution in [0.5, 0.6) is 11.5 Å². The van der Waals surface area contributed by atoms with E-state index in [-0.39, 0.29) is 17.8 Å². The Balaban J connectivity index is 1.92. The number of hydrogen-bond donors (Lipinski definition) is 3. The molecular formula is C18H28N2O4. The molecule has 1 heterocycles. The Morgan fingerprint density at radius 3 is 2.88 bits per heavy atom. The summed E-state index contributed by atoms with van der Waals surface area (Å²) >= 11 is 0. The third-order valence-corrected chi connectivity index (χ3v) is 3.74. The van der Waals surface area contributed by atoms with Crippen LogP contribution in [0.2, 0.25) is 0 Å². The van der Waals surface area contributed by atoms with Gasteiger partial charge in [-0.1, -0.05) is 13.3 Å². The molecule has 134 valence electrons. The van der Waals surface area contributed by atoms with Crippen molar-refractivity contribution in [1.82, 2.24) is 10.6 Å². The lowest BCUT2D eigenvalue weighted by molar-refractivity contribution is 0.0520. The molecular weight excluding hydrogens is 308 g/mol. The van der Waals surface area contributed by atoms with Crippen LogP contribution >= 0.6 is 0 Å². The van der Waals surface area contributed by atoms with Crippen LogP contribution in [0.1, 0.15) is 52.1 Å². The highest BCUT2D eigenvalue weighted by Gasteiger charge is 2.27. The number of aromatic hydroxyl groups is 1. The van der Waals surface area contributed by atoms with Gasteiger partial charge in [0.1, 0.15) is 23.7 Å². The van der Waals surface area contributed by atoms with Gasteiger partial charge in [0, 0.05) is 24.2 Å². The Kier molecular flexibility index (Phi) is 5.94. The van der Waals surface area contributed by atoms with Crippen molar-refractivity contribution in [2.24, 2.45) is 0 Å². The molecule has 2 rings (SSSR count). The fourth-order valence-electron chi connectivity index (χ4n) is 2.73. The van der Waals surface area contributed by atoms with Crippen LogP contribution in [0.25, 0.3) is 0 Å². The van der Waals surface area contributed by atoms with Crippen molar-refractivity contribution in [2.75, 3.05) is 13.2 Å². The number of phenols is 1. The van der Waals surface area contributed by atoms with Gasteiger partial charge in [-0.25, -0.2) is 4.79 Å². The average Bonchev–Trinajstić information content (AvgIpc) is 2.85. The minimum atomic E-state index is -0.502. The second-order valence-electron chi connectivity index (χ2n) is 7.12. The number of carbonyl (C=O) groups is 1. The highest BCUT2D eigenvalue weighted by molar-refractivity contribution is 5.67. The fraction of sp³-hybridized carbons (Fsp3) is 0.611. The van der Waals surface area contributed by atoms with Gasteiger partial charge in [-0.05, 0) is 39.3 Å². The third-order valence-electron chi connectivity index (χ3n) is 3.74. The summed E-state index contributed by atoms with van der Waals surface area (Å²) in [6, 6.07) is 5.34. The molecule has 0 radical (unpaired) electrons. The molecule has 2 atom stereocenters. The van der Waals surface area contributed by atoms with Crippen LogP contribution in [0.3, 0.4) is 0 Å². The summed E-state index contributed by atoms with van der Waals surface area (Å²) in [5.41, 5.74) is 0.532. The summed E-state index contributed by atoms with van der Waals surface area (Å²) in [5, 5.41) is 15.9. The quantitative estimate of drug-likeness (QED) is 0.744. The molecule has 0 aliphatic carbocycles. The smallest absolute Gasteiger partial charge is 0.407 e. The molecule has 0 saturated carbocycles. The zero-order chi connectivity index (χ0) is 17.7. The summed E-state index contributed by atoms with van der Waals surface area (Å²) in [4.78, 5) is 11.8. The van der Waals surface area contributed by atoms with Crippen molar-refractivity contribution in [1.29, 1.82) is 0 Å². The van der Waals surface area contributed by atoms with Crippen LogP contribution in [-0.4, -0.2) is 36.0 Å². The normalized spacial score (nSPS) is 17.8. The standard InChI is InChI=1S/C18H28N2O4/c1-5-6-12(10-19-17(22)24-18(2,3)4)20-15-11-23-16-9-13(21)7-8-14(15)16/h7-9,12,15,20-21H,5-6,10-11H2,1-4H3,(H,19,22). The topological polar surface area (TPSA) is 79.8 Å². The van der Waals surface area contributed by atoms with Crippen LogP contribution < -0.4 is 15.4 Å². The van der Waals surface area contributed by atoms with E-state index in [2.05, 4.69) is 17.6 Å². The van der Waals surface area contributed by atoms with Gasteiger partial charge in [0.2, 0.25) is 0 Å². The van der Waals surface area contributed by atoms with E-state index in [1.807, 2.05) is 26.8 Å². The molecule has 0 aromatic heterocycles. The van der Waals surface area contributed by atoms with Gasteiger partial charge < -0.3 is 25.2 Å². The van der Waals surface area contributed by atoms with Gasteiger partial charge >= 0.3 is 6.09 Å². The van der Waals surface area contributed by atoms with Crippen LogP contribution in [0.15, 0.2) is 18.2 Å². The second kappa shape index (κ2) is 7.75. The largest absolute Gasteiger partial charge is 0.508 e. The number of rotatable bonds is 6. The molecule has 1 aliphatic heterocycles. The average molecular weight is 336 g/mol. The molecule has 0 saturated heterocycles. The minimum Gasteiger partial charge on any atom is -0.508 e. The number of benzene rings is 1. The lowest BCUT2D eigenvalue weighted by atomic mass is 10.1. The number of amides is 1. The number of carbonyl (C=O) groups excluding carboxylic acids is 1. The summed E-state index contributed by atoms with van der Waals surface area (Å²) in [6.45, 7) is 8.65. The molecule has 1 aliphatic rings. The van der Waals surface area contributed by atoms with E-state index in [0.29, 0.717) is 18.9 Å². The molecule has 0 spiro atoms. The van der Waals surface area contributed by atoms with Gasteiger partial charge in [0.05, 0.1) is 6.04 Å². The van der Waals surface area contributed by atoms with Gasteiger partial charge in [0.25, 0.3) is 0 Å². The van der Waals surface area contributed by atoms with Crippen molar-refractivity contribution in [2.45, 2.75) is 58.2 Å². The van der Waals surface area contributed by atoms with Crippen molar-refractivity contribution in [3.8, 4) is 11.5 Å². The fourth-order valence-corrected chi connectivity index (χ4v) is 2.73. The van der Waals surface area contributed by atoms with E-state index in [4.69, 9.17) is 9.47 Å². The first-order chi connectivity index (χ1) is 11.3. The maximum atomic E-state index is 11.8. The summed E-state index contributed by atoms with van der Waals surface area (Å²) in [7, 11) is 0. The van der Waals surface area contributed by atoms with Gasteiger partial charge in [-0.3, -0.25) is 0 Å². The van der Waals surface area contributed by atoms with Gasteiger partial charge in [0.15, 0.2) is 0 Å². The minimum absolute atomic E-state index is 0.0533. The van der Waals surface area contributed by atoms with Crippen molar-refractivity contribution in [3.05, 3.63) is 23.8 Å². The number of ether oxygens (including phenoxy) is 2. The molecule has 6 heteroatoms. The van der Waals surface area contributed by atoms with E-state index in [0.717, 1.165) is 18.4 Å². The molecule has 6 nitrogen and oxygen atoms in total. The Morgan fingerprint density at radius 2 is 2.21 bits per heavy atom. The maximum absolute atomic E-state index is 11.8. The number of alkyl carbamates (subject to hydrolysis) is 1. The van der Waals surface area contributed by atoms with E-state index in [9.17, 15) is 9.90 Å². The Morgan fingerprint density at radius 1 is 1.46 bits per heavy atom. The molecule has 0 fully saturated rings. The zero-order valence-corrected chi connectivity index (χ0v) is 14.9. The molecule has 1 aromatic carbocycles. The SMILES string of the molecule is CCCC(CNC(=O)OC(C)(C)C)NC1COc2cc(O)ccc21. The third kappa shape index (κ3) is 5.30. The van der Waals surface area contributed by atoms with Gasteiger partial charge in [-0.15, -0.1) is 0 Å². The number of hydrogen-bond acceptors (Lipinski definition) is 5. The second-order valence-corrected chi connectivity index (χ2v) is 7.12. The lowest BCUT2D eigenvalue weighted by Gasteiger charge is -2.24. The molecule has 1 amide bonds. The molecule has 24 heavy (non-hydrogen) atoms. The first kappa shape index (κ1) is 18.4. The summed E-state index contributed by atoms with van der Waals surface area (Å²) in [6.07, 6.45) is 1.53. The number of phenolic OH excluding ortho intramolecular Hbond substituents is 1. The zero-order valence-electron chi connectivity index (χ0n) is 14.9. The lowest BCUT2D eigenvalue weighted by Crippen LogP contribution is -2.44. The van der Waals surface area contributed by atoms with Crippen LogP contribution in [-0.2, 0) is 4.74 Å². The Hall–Kier alpha value is -1.95. The molecule has 2 unspecified atom stereocenters. The summed E-state index contributed by atoms with van der Waals surface area (Å²) in [5.74, 6) is 0.911. The van der Waals surface area contributed by atoms with Crippen LogP contribution in [0, 0.1) is 0 Å². The van der Waals surface area contributed by atoms with Crippen molar-refractivity contribution in [3.63, 3.8) is 0 Å². The van der Waals surface area contributed by atoms with Crippen LogP contribution in [0.4, 0.5) is 4.79 Å². The number of fused-ring (bicyclic) bond motifs is 1. The highest BCUT2D eigenvalue weighted by Crippen LogP contribution is 2.35. The van der Waals surface area contributed by atoms with E-state index < -0.39 is 11.7 Å². The Bertz CT molecular complexity index is 569. The first-order valence-corrected chi connectivity index (χ1v) is 8.47. The Labute approximate surface area is 143 Å². The van der Waals surface area contributed by atoms with E-state index in [1.54, 1.807) is 12.1 Å². The van der Waals surface area contributed by atoms with Crippen molar-refractivity contribution < 1.29 is 19.4 Å². The summed E-state index contributed by atoms with van der Waals surface area (Å²) < 4.78 is 10.9. The maximum Gasteiger partial charge on any atom is 0.407 e. The number of nitrogens with one attached hydrogen (secondary N) is 2. The van der Waals surface area contributed by atoms with E-state index >= 15 is 0 Å². The predicted molar refractivity (Wildman–Crippen MR) is 92.4 cm³/mol. The monoisotopic (exact) mass is 336 g/mol. The first-order valence-electron chi connectivity index (χ1n) is 8.47. The highest BCUT2D eigenvalue weighted by atomic mass is 16.6. The molecule has 0 bridgehead atoms. The van der Waals surface area contributed by atoms with Gasteiger partial charge in [-0.2, -0.15) is 0 Å². The molecule has 1 aromatic rings. The predicted octanol–water partition coefficient (Wildman–Crippen LogP) is 3.11. The van der Waals surface area contributed by atoms with E-state index in [1.165, 1.54) is 0 Å². The molecule has 3 N–H and O–H groups in total. The van der Waals surface area contributed by atoms with Crippen molar-refractivity contribution >= 4 is 6.09 Å².